The first kappa shape index (κ1) is 17.1. The second kappa shape index (κ2) is 7.92. The fourth-order valence-electron chi connectivity index (χ4n) is 2.77. The second-order valence-corrected chi connectivity index (χ2v) is 8.06. The van der Waals surface area contributed by atoms with E-state index in [2.05, 4.69) is 56.1 Å². The first-order chi connectivity index (χ1) is 12.2. The van der Waals surface area contributed by atoms with E-state index in [4.69, 9.17) is 0 Å². The van der Waals surface area contributed by atoms with Gasteiger partial charge < -0.3 is 0 Å². The molecule has 0 aromatic heterocycles. The van der Waals surface area contributed by atoms with Gasteiger partial charge in [0, 0.05) is 0 Å². The standard InChI is InChI=1S/C24H21P/c1-19(22-13-7-4-8-14-22)25(20(2)23-15-9-5-10-16-23)21(3)24-17-11-6-12-18-24/h4-18H,1-3H2. The van der Waals surface area contributed by atoms with Crippen molar-refractivity contribution in [2.24, 2.45) is 0 Å². The Labute approximate surface area is 151 Å². The summed E-state index contributed by atoms with van der Waals surface area (Å²) < 4.78 is 0. The summed E-state index contributed by atoms with van der Waals surface area (Å²) in [5.74, 6) is 0. The largest absolute Gasteiger partial charge is 0.0900 e. The van der Waals surface area contributed by atoms with Crippen LogP contribution in [-0.2, 0) is 0 Å². The van der Waals surface area contributed by atoms with Gasteiger partial charge in [0.25, 0.3) is 0 Å². The number of rotatable bonds is 6. The van der Waals surface area contributed by atoms with Crippen LogP contribution in [0, 0.1) is 0 Å². The Morgan fingerprint density at radius 2 is 0.680 bits per heavy atom. The Kier molecular flexibility index (Phi) is 5.43. The molecule has 0 heterocycles. The fraction of sp³-hybridized carbons (Fsp3) is 0. The van der Waals surface area contributed by atoms with Crippen molar-refractivity contribution in [2.45, 2.75) is 0 Å². The molecule has 25 heavy (non-hydrogen) atoms. The summed E-state index contributed by atoms with van der Waals surface area (Å²) in [7, 11) is -0.856. The van der Waals surface area contributed by atoms with Crippen LogP contribution in [0.25, 0.3) is 15.9 Å². The highest BCUT2D eigenvalue weighted by Crippen LogP contribution is 2.67. The fourth-order valence-corrected chi connectivity index (χ4v) is 4.97. The summed E-state index contributed by atoms with van der Waals surface area (Å²) in [5.41, 5.74) is 3.42. The van der Waals surface area contributed by atoms with E-state index < -0.39 is 7.92 Å². The smallest absolute Gasteiger partial charge is 0.0134 e. The van der Waals surface area contributed by atoms with E-state index >= 15 is 0 Å². The van der Waals surface area contributed by atoms with E-state index in [1.54, 1.807) is 0 Å². The lowest BCUT2D eigenvalue weighted by atomic mass is 10.2. The third-order valence-corrected chi connectivity index (χ3v) is 6.52. The molecular weight excluding hydrogens is 319 g/mol. The maximum atomic E-state index is 4.43. The third kappa shape index (κ3) is 3.87. The molecule has 3 aromatic carbocycles. The highest BCUT2D eigenvalue weighted by Gasteiger charge is 2.22. The van der Waals surface area contributed by atoms with Gasteiger partial charge in [-0.15, -0.1) is 0 Å². The molecule has 0 saturated carbocycles. The molecule has 0 aliphatic rings. The van der Waals surface area contributed by atoms with Gasteiger partial charge in [-0.25, -0.2) is 0 Å². The first-order valence-electron chi connectivity index (χ1n) is 8.21. The summed E-state index contributed by atoms with van der Waals surface area (Å²) in [6.07, 6.45) is 0. The molecular formula is C24H21P. The number of hydrogen-bond donors (Lipinski definition) is 0. The maximum absolute atomic E-state index is 4.43. The normalized spacial score (nSPS) is 10.4. The number of benzene rings is 3. The van der Waals surface area contributed by atoms with E-state index in [9.17, 15) is 0 Å². The van der Waals surface area contributed by atoms with Crippen LogP contribution in [0.3, 0.4) is 0 Å². The number of hydrogen-bond acceptors (Lipinski definition) is 0. The maximum Gasteiger partial charge on any atom is -0.0134 e. The van der Waals surface area contributed by atoms with Crippen molar-refractivity contribution in [3.63, 3.8) is 0 Å². The minimum Gasteiger partial charge on any atom is -0.0900 e. The molecule has 3 aromatic rings. The average molecular weight is 340 g/mol. The monoisotopic (exact) mass is 340 g/mol. The van der Waals surface area contributed by atoms with Gasteiger partial charge in [-0.2, -0.15) is 0 Å². The van der Waals surface area contributed by atoms with Gasteiger partial charge in [-0.1, -0.05) is 111 Å². The van der Waals surface area contributed by atoms with Gasteiger partial charge in [0.1, 0.15) is 0 Å². The van der Waals surface area contributed by atoms with E-state index in [1.807, 2.05) is 54.6 Å². The summed E-state index contributed by atoms with van der Waals surface area (Å²) in [4.78, 5) is 0. The molecule has 3 rings (SSSR count). The van der Waals surface area contributed by atoms with Crippen LogP contribution in [0.4, 0.5) is 0 Å². The van der Waals surface area contributed by atoms with Crippen LogP contribution < -0.4 is 0 Å². The van der Waals surface area contributed by atoms with E-state index in [-0.39, 0.29) is 0 Å². The van der Waals surface area contributed by atoms with Gasteiger partial charge in [-0.3, -0.25) is 0 Å². The highest BCUT2D eigenvalue weighted by atomic mass is 31.1. The molecule has 0 spiro atoms. The molecule has 1 heteroatoms. The SMILES string of the molecule is C=C(c1ccccc1)P(C(=C)c1ccccc1)C(=C)c1ccccc1. The summed E-state index contributed by atoms with van der Waals surface area (Å²) in [5, 5.41) is 3.25. The summed E-state index contributed by atoms with van der Waals surface area (Å²) in [6, 6.07) is 31.0. The third-order valence-electron chi connectivity index (χ3n) is 4.13. The molecule has 122 valence electrons. The predicted octanol–water partition coefficient (Wildman–Crippen LogP) is 7.48. The molecule has 0 atom stereocenters. The Morgan fingerprint density at radius 3 is 0.920 bits per heavy atom. The molecule has 0 bridgehead atoms. The molecule has 0 aliphatic carbocycles. The van der Waals surface area contributed by atoms with Crippen LogP contribution in [-0.4, -0.2) is 0 Å². The summed E-state index contributed by atoms with van der Waals surface area (Å²) in [6.45, 7) is 13.3. The Bertz CT molecular complexity index is 755. The minimum absolute atomic E-state index is 0.856. The molecule has 0 aliphatic heterocycles. The van der Waals surface area contributed by atoms with E-state index in [0.717, 1.165) is 32.6 Å². The zero-order valence-corrected chi connectivity index (χ0v) is 15.1. The molecule has 0 amide bonds. The quantitative estimate of drug-likeness (QED) is 0.408. The van der Waals surface area contributed by atoms with Gasteiger partial charge in [-0.05, 0) is 40.6 Å². The van der Waals surface area contributed by atoms with Crippen molar-refractivity contribution >= 4 is 23.9 Å². The topological polar surface area (TPSA) is 0 Å². The van der Waals surface area contributed by atoms with Crippen molar-refractivity contribution in [2.75, 3.05) is 0 Å². The second-order valence-electron chi connectivity index (χ2n) is 5.77. The zero-order valence-electron chi connectivity index (χ0n) is 14.2. The van der Waals surface area contributed by atoms with Crippen LogP contribution >= 0.6 is 7.92 Å². The van der Waals surface area contributed by atoms with Crippen molar-refractivity contribution in [1.82, 2.24) is 0 Å². The van der Waals surface area contributed by atoms with Gasteiger partial charge >= 0.3 is 0 Å². The molecule has 0 fully saturated rings. The molecule has 0 saturated heterocycles. The Hall–Kier alpha value is -2.69. The van der Waals surface area contributed by atoms with Gasteiger partial charge in [0.05, 0.1) is 0 Å². The average Bonchev–Trinajstić information content (AvgIpc) is 2.70. The zero-order chi connectivity index (χ0) is 17.6. The lowest BCUT2D eigenvalue weighted by Gasteiger charge is -2.25. The first-order valence-corrected chi connectivity index (χ1v) is 9.56. The van der Waals surface area contributed by atoms with Crippen molar-refractivity contribution in [1.29, 1.82) is 0 Å². The molecule has 0 N–H and O–H groups in total. The van der Waals surface area contributed by atoms with Crippen molar-refractivity contribution < 1.29 is 0 Å². The summed E-state index contributed by atoms with van der Waals surface area (Å²) >= 11 is 0. The van der Waals surface area contributed by atoms with Crippen molar-refractivity contribution in [3.8, 4) is 0 Å². The molecule has 0 nitrogen and oxygen atoms in total. The van der Waals surface area contributed by atoms with Crippen LogP contribution in [0.2, 0.25) is 0 Å². The van der Waals surface area contributed by atoms with Crippen LogP contribution in [0.1, 0.15) is 16.7 Å². The predicted molar refractivity (Wildman–Crippen MR) is 113 cm³/mol. The minimum atomic E-state index is -0.856. The molecule has 0 radical (unpaired) electrons. The van der Waals surface area contributed by atoms with Crippen LogP contribution in [0.15, 0.2) is 111 Å². The Morgan fingerprint density at radius 1 is 0.440 bits per heavy atom. The van der Waals surface area contributed by atoms with E-state index in [1.165, 1.54) is 0 Å². The van der Waals surface area contributed by atoms with Gasteiger partial charge in [0.15, 0.2) is 0 Å². The van der Waals surface area contributed by atoms with Gasteiger partial charge in [0.2, 0.25) is 0 Å². The molecule has 0 unspecified atom stereocenters. The lowest BCUT2D eigenvalue weighted by molar-refractivity contribution is 1.64. The van der Waals surface area contributed by atoms with Crippen LogP contribution in [0.5, 0.6) is 0 Å². The van der Waals surface area contributed by atoms with E-state index in [0.29, 0.717) is 0 Å². The Balaban J connectivity index is 2.04. The van der Waals surface area contributed by atoms with Crippen molar-refractivity contribution in [3.05, 3.63) is 127 Å². The lowest BCUT2D eigenvalue weighted by Crippen LogP contribution is -1.90. The highest BCUT2D eigenvalue weighted by molar-refractivity contribution is 7.86.